The Labute approximate surface area is 156 Å². The van der Waals surface area contributed by atoms with Crippen molar-refractivity contribution in [3.63, 3.8) is 0 Å². The molecule has 0 saturated heterocycles. The lowest BCUT2D eigenvalue weighted by atomic mass is 9.80. The van der Waals surface area contributed by atoms with E-state index < -0.39 is 22.7 Å². The van der Waals surface area contributed by atoms with Gasteiger partial charge in [0.15, 0.2) is 5.78 Å². The smallest absolute Gasteiger partial charge is 0.334 e. The first-order chi connectivity index (χ1) is 13.0. The largest absolute Gasteiger partial charge is 0.463 e. The van der Waals surface area contributed by atoms with E-state index in [1.807, 2.05) is 6.07 Å². The van der Waals surface area contributed by atoms with Gasteiger partial charge in [0.2, 0.25) is 0 Å². The van der Waals surface area contributed by atoms with Crippen LogP contribution >= 0.6 is 0 Å². The van der Waals surface area contributed by atoms with Crippen LogP contribution in [0.2, 0.25) is 0 Å². The maximum absolute atomic E-state index is 13.0. The summed E-state index contributed by atoms with van der Waals surface area (Å²) >= 11 is 0. The molecule has 0 N–H and O–H groups in total. The molecular formula is C21H19NO5. The Kier molecular flexibility index (Phi) is 5.45. The number of ether oxygens (including phenoxy) is 1. The molecule has 0 aromatic heterocycles. The Balaban J connectivity index is 1.97. The van der Waals surface area contributed by atoms with Crippen LogP contribution in [0.1, 0.15) is 35.2 Å². The van der Waals surface area contributed by atoms with Gasteiger partial charge in [-0.05, 0) is 18.9 Å². The molecule has 0 bridgehead atoms. The van der Waals surface area contributed by atoms with Gasteiger partial charge >= 0.3 is 5.97 Å². The Bertz CT molecular complexity index is 887. The molecule has 0 amide bonds. The summed E-state index contributed by atoms with van der Waals surface area (Å²) < 4.78 is 5.15. The standard InChI is InChI=1S/C21H19NO5/c1-2-27-21(24)18-13-12-17(20(23)15-6-4-3-5-7-15)19(18)14-8-10-16(11-9-14)22(25)26/h3-11,13,17,19H,2,12H2,1H3. The summed E-state index contributed by atoms with van der Waals surface area (Å²) in [7, 11) is 0. The fourth-order valence-electron chi connectivity index (χ4n) is 3.45. The number of carbonyl (C=O) groups is 2. The summed E-state index contributed by atoms with van der Waals surface area (Å²) in [4.78, 5) is 35.9. The number of Topliss-reactive ketones (excluding diaryl/α,β-unsaturated/α-hetero) is 1. The number of hydrogen-bond acceptors (Lipinski definition) is 5. The predicted molar refractivity (Wildman–Crippen MR) is 99.4 cm³/mol. The zero-order valence-corrected chi connectivity index (χ0v) is 14.8. The normalized spacial score (nSPS) is 18.6. The summed E-state index contributed by atoms with van der Waals surface area (Å²) in [6.07, 6.45) is 2.17. The number of non-ortho nitro benzene ring substituents is 1. The minimum absolute atomic E-state index is 0.0376. The number of benzene rings is 2. The highest BCUT2D eigenvalue weighted by Gasteiger charge is 2.39. The lowest BCUT2D eigenvalue weighted by Crippen LogP contribution is -2.23. The van der Waals surface area contributed by atoms with Crippen molar-refractivity contribution in [2.45, 2.75) is 19.3 Å². The van der Waals surface area contributed by atoms with Gasteiger partial charge in [-0.15, -0.1) is 0 Å². The van der Waals surface area contributed by atoms with Crippen LogP contribution in [0.25, 0.3) is 0 Å². The van der Waals surface area contributed by atoms with E-state index >= 15 is 0 Å². The zero-order chi connectivity index (χ0) is 19.4. The van der Waals surface area contributed by atoms with Crippen LogP contribution in [-0.2, 0) is 9.53 Å². The van der Waals surface area contributed by atoms with Crippen molar-refractivity contribution >= 4 is 17.4 Å². The predicted octanol–water partition coefficient (Wildman–Crippen LogP) is 4.07. The van der Waals surface area contributed by atoms with Crippen LogP contribution < -0.4 is 0 Å². The van der Waals surface area contributed by atoms with Gasteiger partial charge in [0.25, 0.3) is 5.69 Å². The number of rotatable bonds is 6. The first-order valence-corrected chi connectivity index (χ1v) is 8.73. The van der Waals surface area contributed by atoms with Gasteiger partial charge in [0, 0.05) is 35.1 Å². The second kappa shape index (κ2) is 7.95. The van der Waals surface area contributed by atoms with Crippen LogP contribution in [0.15, 0.2) is 66.2 Å². The second-order valence-corrected chi connectivity index (χ2v) is 6.28. The quantitative estimate of drug-likeness (QED) is 0.333. The van der Waals surface area contributed by atoms with Gasteiger partial charge < -0.3 is 4.74 Å². The Morgan fingerprint density at radius 1 is 1.11 bits per heavy atom. The average Bonchev–Trinajstić information content (AvgIpc) is 3.13. The minimum atomic E-state index is -0.488. The summed E-state index contributed by atoms with van der Waals surface area (Å²) in [5, 5.41) is 10.9. The number of ketones is 1. The van der Waals surface area contributed by atoms with E-state index in [0.717, 1.165) is 0 Å². The topological polar surface area (TPSA) is 86.5 Å². The van der Waals surface area contributed by atoms with Crippen molar-refractivity contribution < 1.29 is 19.2 Å². The molecule has 3 rings (SSSR count). The Morgan fingerprint density at radius 2 is 1.78 bits per heavy atom. The lowest BCUT2D eigenvalue weighted by Gasteiger charge is -2.22. The van der Waals surface area contributed by atoms with Crippen molar-refractivity contribution in [3.05, 3.63) is 87.5 Å². The van der Waals surface area contributed by atoms with Gasteiger partial charge in [-0.2, -0.15) is 0 Å². The monoisotopic (exact) mass is 365 g/mol. The fourth-order valence-corrected chi connectivity index (χ4v) is 3.45. The SMILES string of the molecule is CCOC(=O)C1=CCC(C(=O)c2ccccc2)C1c1ccc([N+](=O)[O-])cc1. The molecule has 138 valence electrons. The number of nitro benzene ring substituents is 1. The molecule has 6 nitrogen and oxygen atoms in total. The van der Waals surface area contributed by atoms with E-state index in [9.17, 15) is 19.7 Å². The van der Waals surface area contributed by atoms with E-state index in [1.165, 1.54) is 12.1 Å². The zero-order valence-electron chi connectivity index (χ0n) is 14.8. The molecule has 0 aliphatic heterocycles. The molecule has 1 aliphatic rings. The second-order valence-electron chi connectivity index (χ2n) is 6.28. The fraction of sp³-hybridized carbons (Fsp3) is 0.238. The van der Waals surface area contributed by atoms with Crippen molar-refractivity contribution in [2.24, 2.45) is 5.92 Å². The molecule has 0 heterocycles. The van der Waals surface area contributed by atoms with Gasteiger partial charge in [0.1, 0.15) is 0 Å². The van der Waals surface area contributed by atoms with Gasteiger partial charge in [-0.3, -0.25) is 14.9 Å². The van der Waals surface area contributed by atoms with E-state index in [0.29, 0.717) is 23.1 Å². The minimum Gasteiger partial charge on any atom is -0.463 e. The molecular weight excluding hydrogens is 346 g/mol. The van der Waals surface area contributed by atoms with E-state index in [1.54, 1.807) is 49.4 Å². The Hall–Kier alpha value is -3.28. The molecule has 1 aliphatic carbocycles. The van der Waals surface area contributed by atoms with Gasteiger partial charge in [-0.25, -0.2) is 4.79 Å². The molecule has 2 aromatic rings. The molecule has 0 fully saturated rings. The Morgan fingerprint density at radius 3 is 2.37 bits per heavy atom. The van der Waals surface area contributed by atoms with Gasteiger partial charge in [-0.1, -0.05) is 48.5 Å². The number of esters is 1. The van der Waals surface area contributed by atoms with Crippen LogP contribution in [0.5, 0.6) is 0 Å². The third-order valence-electron chi connectivity index (χ3n) is 4.70. The van der Waals surface area contributed by atoms with Crippen molar-refractivity contribution in [3.8, 4) is 0 Å². The number of hydrogen-bond donors (Lipinski definition) is 0. The maximum atomic E-state index is 13.0. The number of nitro groups is 1. The molecule has 2 atom stereocenters. The average molecular weight is 365 g/mol. The van der Waals surface area contributed by atoms with E-state index in [-0.39, 0.29) is 18.1 Å². The van der Waals surface area contributed by atoms with Crippen molar-refractivity contribution in [1.82, 2.24) is 0 Å². The molecule has 27 heavy (non-hydrogen) atoms. The highest BCUT2D eigenvalue weighted by atomic mass is 16.6. The van der Waals surface area contributed by atoms with Crippen molar-refractivity contribution in [1.29, 1.82) is 0 Å². The number of carbonyl (C=O) groups excluding carboxylic acids is 2. The number of allylic oxidation sites excluding steroid dienone is 1. The first-order valence-electron chi connectivity index (χ1n) is 8.73. The summed E-state index contributed by atoms with van der Waals surface area (Å²) in [6, 6.07) is 14.9. The molecule has 0 saturated carbocycles. The summed E-state index contributed by atoms with van der Waals surface area (Å²) in [5.74, 6) is -1.45. The van der Waals surface area contributed by atoms with Crippen molar-refractivity contribution in [2.75, 3.05) is 6.61 Å². The van der Waals surface area contributed by atoms with Crippen LogP contribution in [-0.4, -0.2) is 23.3 Å². The summed E-state index contributed by atoms with van der Waals surface area (Å²) in [5.41, 5.74) is 1.66. The highest BCUT2D eigenvalue weighted by Crippen LogP contribution is 2.42. The van der Waals surface area contributed by atoms with Crippen LogP contribution in [0.4, 0.5) is 5.69 Å². The molecule has 0 spiro atoms. The van der Waals surface area contributed by atoms with E-state index in [4.69, 9.17) is 4.74 Å². The first kappa shape index (κ1) is 18.5. The lowest BCUT2D eigenvalue weighted by molar-refractivity contribution is -0.384. The molecule has 0 radical (unpaired) electrons. The third-order valence-corrected chi connectivity index (χ3v) is 4.70. The van der Waals surface area contributed by atoms with Gasteiger partial charge in [0.05, 0.1) is 11.5 Å². The van der Waals surface area contributed by atoms with Crippen LogP contribution in [0, 0.1) is 16.0 Å². The number of nitrogens with zero attached hydrogens (tertiary/aromatic N) is 1. The molecule has 6 heteroatoms. The molecule has 2 aromatic carbocycles. The molecule has 2 unspecified atom stereocenters. The van der Waals surface area contributed by atoms with Crippen LogP contribution in [0.3, 0.4) is 0 Å². The third kappa shape index (κ3) is 3.79. The van der Waals surface area contributed by atoms with E-state index in [2.05, 4.69) is 0 Å². The maximum Gasteiger partial charge on any atom is 0.334 e. The highest BCUT2D eigenvalue weighted by molar-refractivity contribution is 6.01. The summed E-state index contributed by atoms with van der Waals surface area (Å²) in [6.45, 7) is 1.96.